The lowest BCUT2D eigenvalue weighted by molar-refractivity contribution is -0.122. The van der Waals surface area contributed by atoms with Crippen LogP contribution in [-0.4, -0.2) is 28.8 Å². The Morgan fingerprint density at radius 2 is 1.93 bits per heavy atom. The Labute approximate surface area is 168 Å². The van der Waals surface area contributed by atoms with E-state index >= 15 is 0 Å². The molecule has 3 rings (SSSR count). The summed E-state index contributed by atoms with van der Waals surface area (Å²) in [5.41, 5.74) is 1.74. The van der Waals surface area contributed by atoms with Gasteiger partial charge in [-0.05, 0) is 43.7 Å². The largest absolute Gasteiger partial charge is 0.494 e. The van der Waals surface area contributed by atoms with Gasteiger partial charge in [0.25, 0.3) is 0 Å². The molecule has 1 aliphatic rings. The number of benzene rings is 2. The number of rotatable bonds is 7. The van der Waals surface area contributed by atoms with Crippen LogP contribution in [-0.2, 0) is 9.59 Å². The minimum atomic E-state index is -0.482. The topological polar surface area (TPSA) is 79.8 Å². The molecule has 2 amide bonds. The molecule has 0 saturated carbocycles. The van der Waals surface area contributed by atoms with E-state index < -0.39 is 5.25 Å². The number of aliphatic imine (C=N–C) groups is 1. The lowest BCUT2D eigenvalue weighted by Crippen LogP contribution is -2.28. The number of thioether (sulfide) groups is 1. The summed E-state index contributed by atoms with van der Waals surface area (Å²) in [6.45, 7) is 4.48. The van der Waals surface area contributed by atoms with Gasteiger partial charge in [-0.2, -0.15) is 0 Å². The van der Waals surface area contributed by atoms with Crippen LogP contribution < -0.4 is 15.4 Å². The first-order valence-corrected chi connectivity index (χ1v) is 10.1. The molecule has 1 saturated heterocycles. The first kappa shape index (κ1) is 19.9. The molecule has 0 bridgehead atoms. The van der Waals surface area contributed by atoms with Crippen LogP contribution in [0.5, 0.6) is 5.75 Å². The molecule has 6 nitrogen and oxygen atoms in total. The molecule has 0 aromatic heterocycles. The van der Waals surface area contributed by atoms with Gasteiger partial charge in [0.1, 0.15) is 11.0 Å². The van der Waals surface area contributed by atoms with Gasteiger partial charge in [0.2, 0.25) is 11.8 Å². The molecule has 0 spiro atoms. The van der Waals surface area contributed by atoms with Gasteiger partial charge in [0.15, 0.2) is 5.17 Å². The minimum absolute atomic E-state index is 0.0690. The predicted octanol–water partition coefficient (Wildman–Crippen LogP) is 3.76. The van der Waals surface area contributed by atoms with Crippen LogP contribution >= 0.6 is 11.8 Å². The monoisotopic (exact) mass is 397 g/mol. The number of anilines is 1. The number of nitrogens with one attached hydrogen (secondary N) is 2. The summed E-state index contributed by atoms with van der Waals surface area (Å²) >= 11 is 1.30. The van der Waals surface area contributed by atoms with E-state index in [0.29, 0.717) is 17.5 Å². The average Bonchev–Trinajstić information content (AvgIpc) is 3.03. The Morgan fingerprint density at radius 1 is 1.21 bits per heavy atom. The van der Waals surface area contributed by atoms with Crippen molar-refractivity contribution in [1.29, 1.82) is 0 Å². The molecule has 2 aromatic carbocycles. The van der Waals surface area contributed by atoms with Crippen molar-refractivity contribution in [2.75, 3.05) is 11.9 Å². The highest BCUT2D eigenvalue weighted by atomic mass is 32.2. The number of carbonyl (C=O) groups is 2. The molecule has 28 heavy (non-hydrogen) atoms. The van der Waals surface area contributed by atoms with E-state index in [1.165, 1.54) is 11.8 Å². The quantitative estimate of drug-likeness (QED) is 0.745. The molecule has 0 radical (unpaired) electrons. The maximum Gasteiger partial charge on any atom is 0.240 e. The molecule has 1 aliphatic heterocycles. The zero-order valence-electron chi connectivity index (χ0n) is 15.8. The van der Waals surface area contributed by atoms with Gasteiger partial charge in [0.05, 0.1) is 12.6 Å². The van der Waals surface area contributed by atoms with Crippen LogP contribution in [0.3, 0.4) is 0 Å². The van der Waals surface area contributed by atoms with Gasteiger partial charge in [0, 0.05) is 12.1 Å². The number of ether oxygens (including phenoxy) is 1. The van der Waals surface area contributed by atoms with E-state index in [-0.39, 0.29) is 24.3 Å². The third-order valence-corrected chi connectivity index (χ3v) is 5.29. The van der Waals surface area contributed by atoms with Crippen molar-refractivity contribution < 1.29 is 14.3 Å². The van der Waals surface area contributed by atoms with Gasteiger partial charge in [-0.1, -0.05) is 42.1 Å². The molecule has 2 aromatic rings. The number of carbonyl (C=O) groups excluding carboxylic acids is 2. The van der Waals surface area contributed by atoms with E-state index in [2.05, 4.69) is 15.6 Å². The summed E-state index contributed by atoms with van der Waals surface area (Å²) in [6, 6.07) is 16.9. The average molecular weight is 398 g/mol. The summed E-state index contributed by atoms with van der Waals surface area (Å²) in [4.78, 5) is 29.1. The van der Waals surface area contributed by atoms with Gasteiger partial charge in [-0.25, -0.2) is 0 Å². The van der Waals surface area contributed by atoms with Crippen LogP contribution in [0.15, 0.2) is 59.6 Å². The summed E-state index contributed by atoms with van der Waals surface area (Å²) in [5.74, 6) is 0.347. The molecule has 7 heteroatoms. The van der Waals surface area contributed by atoms with Crippen molar-refractivity contribution in [3.8, 4) is 5.75 Å². The molecule has 0 unspecified atom stereocenters. The smallest absolute Gasteiger partial charge is 0.240 e. The van der Waals surface area contributed by atoms with Crippen molar-refractivity contribution in [3.05, 3.63) is 60.2 Å². The fraction of sp³-hybridized carbons (Fsp3) is 0.286. The Morgan fingerprint density at radius 3 is 2.61 bits per heavy atom. The fourth-order valence-electron chi connectivity index (χ4n) is 2.76. The second-order valence-electron chi connectivity index (χ2n) is 6.33. The second kappa shape index (κ2) is 9.41. The van der Waals surface area contributed by atoms with Crippen LogP contribution in [0.1, 0.15) is 31.9 Å². The second-order valence-corrected chi connectivity index (χ2v) is 7.52. The summed E-state index contributed by atoms with van der Waals surface area (Å²) in [5, 5.41) is 5.66. The molecule has 2 atom stereocenters. The van der Waals surface area contributed by atoms with Gasteiger partial charge in [-0.3, -0.25) is 14.6 Å². The predicted molar refractivity (Wildman–Crippen MR) is 113 cm³/mol. The Bertz CT molecular complexity index is 853. The number of hydrogen-bond acceptors (Lipinski definition) is 5. The highest BCUT2D eigenvalue weighted by molar-refractivity contribution is 8.15. The zero-order chi connectivity index (χ0) is 19.9. The van der Waals surface area contributed by atoms with Gasteiger partial charge >= 0.3 is 0 Å². The van der Waals surface area contributed by atoms with Crippen molar-refractivity contribution in [1.82, 2.24) is 5.32 Å². The zero-order valence-corrected chi connectivity index (χ0v) is 16.7. The van der Waals surface area contributed by atoms with Crippen molar-refractivity contribution in [2.24, 2.45) is 4.99 Å². The van der Waals surface area contributed by atoms with E-state index in [0.717, 1.165) is 11.3 Å². The molecular weight excluding hydrogens is 374 g/mol. The number of amidine groups is 1. The molecule has 146 valence electrons. The first-order chi connectivity index (χ1) is 13.5. The van der Waals surface area contributed by atoms with E-state index in [1.807, 2.05) is 44.2 Å². The summed E-state index contributed by atoms with van der Waals surface area (Å²) in [7, 11) is 0. The van der Waals surface area contributed by atoms with Crippen molar-refractivity contribution in [2.45, 2.75) is 31.6 Å². The van der Waals surface area contributed by atoms with Gasteiger partial charge < -0.3 is 15.4 Å². The molecule has 1 fully saturated rings. The van der Waals surface area contributed by atoms with E-state index in [4.69, 9.17) is 4.74 Å². The first-order valence-electron chi connectivity index (χ1n) is 9.18. The minimum Gasteiger partial charge on any atom is -0.494 e. The lowest BCUT2D eigenvalue weighted by Gasteiger charge is -2.09. The Balaban J connectivity index is 1.55. The third-order valence-electron chi connectivity index (χ3n) is 4.19. The molecule has 1 heterocycles. The normalized spacial score (nSPS) is 18.6. The Kier molecular flexibility index (Phi) is 6.71. The SMILES string of the molecule is CCOc1ccc(NC(=O)C[C@H]2SC(=N[C@H](C)c3ccccc3)NC2=O)cc1. The summed E-state index contributed by atoms with van der Waals surface area (Å²) in [6.07, 6.45) is 0.0858. The van der Waals surface area contributed by atoms with Crippen molar-refractivity contribution >= 4 is 34.4 Å². The highest BCUT2D eigenvalue weighted by Gasteiger charge is 2.32. The third kappa shape index (κ3) is 5.36. The number of nitrogens with zero attached hydrogens (tertiary/aromatic N) is 1. The maximum absolute atomic E-state index is 12.3. The maximum atomic E-state index is 12.3. The molecule has 0 aliphatic carbocycles. The highest BCUT2D eigenvalue weighted by Crippen LogP contribution is 2.26. The van der Waals surface area contributed by atoms with Crippen LogP contribution in [0.4, 0.5) is 5.69 Å². The van der Waals surface area contributed by atoms with Crippen LogP contribution in [0.2, 0.25) is 0 Å². The van der Waals surface area contributed by atoms with Gasteiger partial charge in [-0.15, -0.1) is 0 Å². The Hall–Kier alpha value is -2.80. The van der Waals surface area contributed by atoms with E-state index in [1.54, 1.807) is 24.3 Å². The van der Waals surface area contributed by atoms with Crippen molar-refractivity contribution in [3.63, 3.8) is 0 Å². The summed E-state index contributed by atoms with van der Waals surface area (Å²) < 4.78 is 5.38. The lowest BCUT2D eigenvalue weighted by atomic mass is 10.1. The van der Waals surface area contributed by atoms with Crippen LogP contribution in [0.25, 0.3) is 0 Å². The number of hydrogen-bond donors (Lipinski definition) is 2. The standard InChI is InChI=1S/C21H23N3O3S/c1-3-27-17-11-9-16(10-12-17)23-19(25)13-18-20(26)24-21(28-18)22-14(2)15-7-5-4-6-8-15/h4-12,14,18H,3,13H2,1-2H3,(H,23,25)(H,22,24,26)/t14-,18-/m1/s1. The molecule has 2 N–H and O–H groups in total. The van der Waals surface area contributed by atoms with E-state index in [9.17, 15) is 9.59 Å². The van der Waals surface area contributed by atoms with Crippen LogP contribution in [0, 0.1) is 0 Å². The molecular formula is C21H23N3O3S. The number of amides is 2. The fourth-order valence-corrected chi connectivity index (χ4v) is 3.81.